The van der Waals surface area contributed by atoms with E-state index in [2.05, 4.69) is 4.98 Å². The van der Waals surface area contributed by atoms with Crippen LogP contribution in [0.15, 0.2) is 59.8 Å². The Kier molecular flexibility index (Phi) is 6.33. The molecule has 0 saturated carbocycles. The van der Waals surface area contributed by atoms with Gasteiger partial charge in [0.15, 0.2) is 0 Å². The monoisotopic (exact) mass is 442 g/mol. The molecule has 164 valence electrons. The predicted octanol–water partition coefficient (Wildman–Crippen LogP) is 1.67. The molecule has 0 bridgehead atoms. The van der Waals surface area contributed by atoms with E-state index < -0.39 is 16.1 Å². The summed E-state index contributed by atoms with van der Waals surface area (Å²) in [5.41, 5.74) is 0.785. The van der Waals surface area contributed by atoms with Crippen LogP contribution < -0.4 is 0 Å². The molecule has 8 nitrogen and oxygen atoms in total. The number of piperazine rings is 1. The maximum Gasteiger partial charge on any atom is 0.250 e. The lowest BCUT2D eigenvalue weighted by molar-refractivity contribution is -0.148. The number of benzene rings is 1. The summed E-state index contributed by atoms with van der Waals surface area (Å²) in [5.74, 6) is -0.161. The molecule has 3 heterocycles. The Bertz CT molecular complexity index is 1020. The van der Waals surface area contributed by atoms with Crippen LogP contribution in [0.25, 0.3) is 0 Å². The molecule has 1 aromatic carbocycles. The summed E-state index contributed by atoms with van der Waals surface area (Å²) in [6.45, 7) is 1.53. The summed E-state index contributed by atoms with van der Waals surface area (Å²) in [5, 5.41) is 0. The average molecular weight is 443 g/mol. The van der Waals surface area contributed by atoms with Gasteiger partial charge in [0.2, 0.25) is 21.8 Å². The Morgan fingerprint density at radius 1 is 0.935 bits per heavy atom. The van der Waals surface area contributed by atoms with Gasteiger partial charge in [-0.2, -0.15) is 4.31 Å². The summed E-state index contributed by atoms with van der Waals surface area (Å²) in [7, 11) is -3.64. The molecule has 0 spiro atoms. The maximum atomic E-state index is 13.5. The van der Waals surface area contributed by atoms with Gasteiger partial charge in [-0.25, -0.2) is 8.42 Å². The van der Waals surface area contributed by atoms with E-state index in [0.717, 1.165) is 18.4 Å². The number of piperidine rings is 1. The van der Waals surface area contributed by atoms with Crippen LogP contribution in [0.2, 0.25) is 0 Å². The van der Waals surface area contributed by atoms with Crippen molar-refractivity contribution in [3.05, 3.63) is 60.4 Å². The van der Waals surface area contributed by atoms with Crippen molar-refractivity contribution in [1.29, 1.82) is 0 Å². The van der Waals surface area contributed by atoms with E-state index in [9.17, 15) is 18.0 Å². The van der Waals surface area contributed by atoms with Crippen LogP contribution in [0, 0.1) is 0 Å². The highest BCUT2D eigenvalue weighted by molar-refractivity contribution is 7.89. The van der Waals surface area contributed by atoms with Crippen molar-refractivity contribution in [3.8, 4) is 0 Å². The zero-order chi connectivity index (χ0) is 21.8. The van der Waals surface area contributed by atoms with Crippen LogP contribution in [0.4, 0.5) is 0 Å². The first-order valence-electron chi connectivity index (χ1n) is 10.5. The molecule has 2 aliphatic rings. The summed E-state index contributed by atoms with van der Waals surface area (Å²) in [6, 6.07) is 11.8. The number of hydrogen-bond donors (Lipinski definition) is 0. The molecular weight excluding hydrogens is 416 g/mol. The van der Waals surface area contributed by atoms with Gasteiger partial charge in [-0.1, -0.05) is 30.3 Å². The van der Waals surface area contributed by atoms with Crippen molar-refractivity contribution < 1.29 is 18.0 Å². The maximum absolute atomic E-state index is 13.5. The highest BCUT2D eigenvalue weighted by Gasteiger charge is 2.37. The second-order valence-electron chi connectivity index (χ2n) is 7.78. The molecule has 2 aliphatic heterocycles. The highest BCUT2D eigenvalue weighted by Crippen LogP contribution is 2.28. The fourth-order valence-electron chi connectivity index (χ4n) is 4.16. The number of pyridine rings is 1. The molecule has 2 saturated heterocycles. The van der Waals surface area contributed by atoms with Gasteiger partial charge < -0.3 is 9.80 Å². The fraction of sp³-hybridized carbons (Fsp3) is 0.409. The van der Waals surface area contributed by atoms with E-state index in [1.165, 1.54) is 22.8 Å². The lowest BCUT2D eigenvalue weighted by Crippen LogP contribution is -2.54. The van der Waals surface area contributed by atoms with Gasteiger partial charge in [0, 0.05) is 51.5 Å². The molecule has 2 fully saturated rings. The van der Waals surface area contributed by atoms with Crippen LogP contribution in [0.5, 0.6) is 0 Å². The molecule has 0 N–H and O–H groups in total. The molecule has 0 aliphatic carbocycles. The molecule has 1 aromatic heterocycles. The van der Waals surface area contributed by atoms with Crippen molar-refractivity contribution in [2.24, 2.45) is 0 Å². The lowest BCUT2D eigenvalue weighted by atomic mass is 9.99. The van der Waals surface area contributed by atoms with Crippen molar-refractivity contribution >= 4 is 21.8 Å². The Hall–Kier alpha value is -2.78. The number of likely N-dealkylation sites (tertiary alicyclic amines) is 1. The molecule has 0 radical (unpaired) electrons. The Labute approximate surface area is 182 Å². The summed E-state index contributed by atoms with van der Waals surface area (Å²) < 4.78 is 27.1. The molecular formula is C22H26N4O4S. The number of nitrogens with zero attached hydrogens (tertiary/aromatic N) is 4. The minimum absolute atomic E-state index is 0.00811. The summed E-state index contributed by atoms with van der Waals surface area (Å²) in [6.07, 6.45) is 5.03. The zero-order valence-electron chi connectivity index (χ0n) is 17.3. The number of carbonyl (C=O) groups is 2. The number of carbonyl (C=O) groups excluding carboxylic acids is 2. The van der Waals surface area contributed by atoms with Crippen LogP contribution in [-0.4, -0.2) is 72.0 Å². The first-order chi connectivity index (χ1) is 15.0. The molecule has 2 aromatic rings. The average Bonchev–Trinajstić information content (AvgIpc) is 2.82. The van der Waals surface area contributed by atoms with E-state index >= 15 is 0 Å². The first kappa shape index (κ1) is 21.5. The van der Waals surface area contributed by atoms with E-state index in [1.807, 2.05) is 30.3 Å². The highest BCUT2D eigenvalue weighted by atomic mass is 32.2. The lowest BCUT2D eigenvalue weighted by Gasteiger charge is -2.40. The van der Waals surface area contributed by atoms with Crippen LogP contribution in [0.1, 0.15) is 30.9 Å². The largest absolute Gasteiger partial charge is 0.338 e. The van der Waals surface area contributed by atoms with Gasteiger partial charge in [-0.3, -0.25) is 14.6 Å². The Balaban J connectivity index is 1.51. The first-order valence-corrected chi connectivity index (χ1v) is 12.0. The van der Waals surface area contributed by atoms with Crippen LogP contribution in [-0.2, 0) is 19.6 Å². The summed E-state index contributed by atoms with van der Waals surface area (Å²) >= 11 is 0. The third-order valence-electron chi connectivity index (χ3n) is 5.84. The van der Waals surface area contributed by atoms with Gasteiger partial charge in [-0.15, -0.1) is 0 Å². The predicted molar refractivity (Wildman–Crippen MR) is 114 cm³/mol. The smallest absolute Gasteiger partial charge is 0.250 e. The second kappa shape index (κ2) is 9.15. The van der Waals surface area contributed by atoms with Crippen molar-refractivity contribution in [1.82, 2.24) is 19.1 Å². The van der Waals surface area contributed by atoms with Gasteiger partial charge in [0.05, 0.1) is 0 Å². The fourth-order valence-corrected chi connectivity index (χ4v) is 5.55. The minimum atomic E-state index is -3.64. The third kappa shape index (κ3) is 4.47. The number of rotatable bonds is 5. The van der Waals surface area contributed by atoms with Crippen LogP contribution >= 0.6 is 0 Å². The SMILES string of the molecule is O=C(C(c1ccccc1)N1CCCCC1=O)N1CCN(S(=O)(=O)c2cccnc2)CC1. The molecule has 2 amide bonds. The molecule has 4 rings (SSSR count). The normalized spacial score (nSPS) is 19.3. The Morgan fingerprint density at radius 3 is 2.32 bits per heavy atom. The second-order valence-corrected chi connectivity index (χ2v) is 9.71. The van der Waals surface area contributed by atoms with E-state index in [0.29, 0.717) is 13.0 Å². The van der Waals surface area contributed by atoms with Gasteiger partial charge >= 0.3 is 0 Å². The number of amides is 2. The standard InChI is InChI=1S/C22H26N4O4S/c27-20-10-4-5-12-26(20)21(18-7-2-1-3-8-18)22(28)24-13-15-25(16-14-24)31(29,30)19-9-6-11-23-17-19/h1-3,6-9,11,17,21H,4-5,10,12-16H2. The van der Waals surface area contributed by atoms with E-state index in [4.69, 9.17) is 0 Å². The Morgan fingerprint density at radius 2 is 1.68 bits per heavy atom. The van der Waals surface area contributed by atoms with Crippen molar-refractivity contribution in [2.45, 2.75) is 30.2 Å². The number of aromatic nitrogens is 1. The van der Waals surface area contributed by atoms with Gasteiger partial charge in [0.1, 0.15) is 10.9 Å². The van der Waals surface area contributed by atoms with E-state index in [-0.39, 0.29) is 42.9 Å². The topological polar surface area (TPSA) is 90.9 Å². The molecule has 9 heteroatoms. The van der Waals surface area contributed by atoms with Crippen LogP contribution in [0.3, 0.4) is 0 Å². The molecule has 1 unspecified atom stereocenters. The van der Waals surface area contributed by atoms with E-state index in [1.54, 1.807) is 15.9 Å². The van der Waals surface area contributed by atoms with Crippen molar-refractivity contribution in [2.75, 3.05) is 32.7 Å². The van der Waals surface area contributed by atoms with Gasteiger partial charge in [0.25, 0.3) is 0 Å². The molecule has 1 atom stereocenters. The van der Waals surface area contributed by atoms with Gasteiger partial charge in [-0.05, 0) is 30.5 Å². The number of hydrogen-bond acceptors (Lipinski definition) is 5. The van der Waals surface area contributed by atoms with Crippen molar-refractivity contribution in [3.63, 3.8) is 0 Å². The summed E-state index contributed by atoms with van der Waals surface area (Å²) in [4.78, 5) is 33.5. The zero-order valence-corrected chi connectivity index (χ0v) is 18.1. The minimum Gasteiger partial charge on any atom is -0.338 e. The number of sulfonamides is 1. The molecule has 31 heavy (non-hydrogen) atoms. The quantitative estimate of drug-likeness (QED) is 0.703. The third-order valence-corrected chi connectivity index (χ3v) is 7.73.